The molecular formula is C18H18N6O. The number of nitrogens with one attached hydrogen (secondary N) is 1. The van der Waals surface area contributed by atoms with Gasteiger partial charge in [0.2, 0.25) is 0 Å². The van der Waals surface area contributed by atoms with Crippen molar-refractivity contribution in [1.29, 1.82) is 0 Å². The van der Waals surface area contributed by atoms with E-state index in [1.807, 2.05) is 47.5 Å². The maximum Gasteiger partial charge on any atom is 0.132 e. The van der Waals surface area contributed by atoms with Crippen LogP contribution in [0, 0.1) is 0 Å². The Morgan fingerprint density at radius 3 is 2.76 bits per heavy atom. The molecule has 25 heavy (non-hydrogen) atoms. The van der Waals surface area contributed by atoms with Gasteiger partial charge >= 0.3 is 0 Å². The molecule has 0 fully saturated rings. The molecule has 0 aliphatic heterocycles. The monoisotopic (exact) mass is 334 g/mol. The van der Waals surface area contributed by atoms with Gasteiger partial charge in [-0.1, -0.05) is 30.3 Å². The number of hydrogen-bond donors (Lipinski definition) is 2. The van der Waals surface area contributed by atoms with Crippen LogP contribution in [0.25, 0.3) is 10.9 Å². The number of rotatable bonds is 6. The molecule has 126 valence electrons. The highest BCUT2D eigenvalue weighted by Gasteiger charge is 2.07. The summed E-state index contributed by atoms with van der Waals surface area (Å²) >= 11 is 0. The normalized spacial score (nSPS) is 11.1. The zero-order valence-corrected chi connectivity index (χ0v) is 13.6. The number of hydrogen-bond acceptors (Lipinski definition) is 5. The summed E-state index contributed by atoms with van der Waals surface area (Å²) in [4.78, 5) is 4.43. The molecule has 4 aromatic rings. The van der Waals surface area contributed by atoms with Crippen LogP contribution in [0.4, 0.5) is 11.5 Å². The standard InChI is InChI=1S/C18H18N6O/c25-7-6-23-13-16(11-20-23)22-18-8-17-15(9-19-18)10-21-24(17)12-14-4-2-1-3-5-14/h1-5,8-11,13,25H,6-7,12H2,(H,19,22). The molecule has 7 heteroatoms. The van der Waals surface area contributed by atoms with E-state index in [1.54, 1.807) is 10.9 Å². The van der Waals surface area contributed by atoms with Gasteiger partial charge in [0, 0.05) is 23.8 Å². The molecule has 4 rings (SSSR count). The van der Waals surface area contributed by atoms with Gasteiger partial charge in [0.15, 0.2) is 0 Å². The number of aliphatic hydroxyl groups excluding tert-OH is 1. The summed E-state index contributed by atoms with van der Waals surface area (Å²) < 4.78 is 3.65. The Balaban J connectivity index is 1.59. The first kappa shape index (κ1) is 15.3. The zero-order valence-electron chi connectivity index (χ0n) is 13.6. The van der Waals surface area contributed by atoms with E-state index in [0.29, 0.717) is 13.1 Å². The molecule has 1 aromatic carbocycles. The molecule has 0 saturated carbocycles. The second-order valence-corrected chi connectivity index (χ2v) is 5.76. The number of nitrogens with zero attached hydrogens (tertiary/aromatic N) is 5. The Morgan fingerprint density at radius 1 is 1.04 bits per heavy atom. The first-order valence-corrected chi connectivity index (χ1v) is 8.07. The number of benzene rings is 1. The van der Waals surface area contributed by atoms with Gasteiger partial charge in [0.1, 0.15) is 5.82 Å². The second-order valence-electron chi connectivity index (χ2n) is 5.76. The molecule has 0 bridgehead atoms. The van der Waals surface area contributed by atoms with E-state index in [-0.39, 0.29) is 6.61 Å². The van der Waals surface area contributed by atoms with E-state index in [9.17, 15) is 0 Å². The summed E-state index contributed by atoms with van der Waals surface area (Å²) in [7, 11) is 0. The van der Waals surface area contributed by atoms with Gasteiger partial charge < -0.3 is 10.4 Å². The summed E-state index contributed by atoms with van der Waals surface area (Å²) in [5.74, 6) is 0.728. The zero-order chi connectivity index (χ0) is 17.1. The number of aliphatic hydroxyl groups is 1. The van der Waals surface area contributed by atoms with Gasteiger partial charge in [-0.2, -0.15) is 10.2 Å². The predicted molar refractivity (Wildman–Crippen MR) is 95.7 cm³/mol. The third-order valence-corrected chi connectivity index (χ3v) is 3.94. The van der Waals surface area contributed by atoms with E-state index in [2.05, 4.69) is 32.6 Å². The smallest absolute Gasteiger partial charge is 0.132 e. The van der Waals surface area contributed by atoms with Crippen molar-refractivity contribution in [3.8, 4) is 0 Å². The Kier molecular flexibility index (Phi) is 4.14. The summed E-state index contributed by atoms with van der Waals surface area (Å²) in [5.41, 5.74) is 3.04. The average Bonchev–Trinajstić information content (AvgIpc) is 3.24. The summed E-state index contributed by atoms with van der Waals surface area (Å²) in [5, 5.41) is 21.8. The lowest BCUT2D eigenvalue weighted by Crippen LogP contribution is -2.02. The van der Waals surface area contributed by atoms with Crippen LogP contribution in [0.3, 0.4) is 0 Å². The fourth-order valence-electron chi connectivity index (χ4n) is 2.72. The highest BCUT2D eigenvalue weighted by atomic mass is 16.3. The lowest BCUT2D eigenvalue weighted by molar-refractivity contribution is 0.269. The Morgan fingerprint density at radius 2 is 1.92 bits per heavy atom. The minimum absolute atomic E-state index is 0.0595. The SMILES string of the molecule is OCCn1cc(Nc2cc3c(cn2)cnn3Cc2ccccc2)cn1. The minimum Gasteiger partial charge on any atom is -0.394 e. The first-order valence-electron chi connectivity index (χ1n) is 8.07. The van der Waals surface area contributed by atoms with Gasteiger partial charge in [-0.3, -0.25) is 9.36 Å². The molecule has 3 heterocycles. The van der Waals surface area contributed by atoms with Gasteiger partial charge in [-0.25, -0.2) is 4.98 Å². The van der Waals surface area contributed by atoms with Gasteiger partial charge in [-0.15, -0.1) is 0 Å². The van der Waals surface area contributed by atoms with Crippen molar-refractivity contribution >= 4 is 22.4 Å². The molecule has 2 N–H and O–H groups in total. The fraction of sp³-hybridized carbons (Fsp3) is 0.167. The minimum atomic E-state index is 0.0595. The maximum atomic E-state index is 8.96. The molecule has 0 radical (unpaired) electrons. The van der Waals surface area contributed by atoms with Crippen molar-refractivity contribution in [3.05, 3.63) is 66.7 Å². The van der Waals surface area contributed by atoms with Gasteiger partial charge in [-0.05, 0) is 5.56 Å². The molecule has 0 atom stereocenters. The number of aromatic nitrogens is 5. The van der Waals surface area contributed by atoms with Crippen LogP contribution in [0.5, 0.6) is 0 Å². The van der Waals surface area contributed by atoms with Crippen LogP contribution >= 0.6 is 0 Å². The van der Waals surface area contributed by atoms with Crippen molar-refractivity contribution in [2.75, 3.05) is 11.9 Å². The van der Waals surface area contributed by atoms with Crippen molar-refractivity contribution in [2.45, 2.75) is 13.1 Å². The maximum absolute atomic E-state index is 8.96. The number of pyridine rings is 1. The van der Waals surface area contributed by atoms with Crippen LogP contribution in [-0.2, 0) is 13.1 Å². The van der Waals surface area contributed by atoms with Crippen LogP contribution in [-0.4, -0.2) is 36.3 Å². The van der Waals surface area contributed by atoms with E-state index < -0.39 is 0 Å². The Bertz CT molecular complexity index is 976. The van der Waals surface area contributed by atoms with Crippen molar-refractivity contribution in [1.82, 2.24) is 24.5 Å². The van der Waals surface area contributed by atoms with Crippen LogP contribution < -0.4 is 5.32 Å². The fourth-order valence-corrected chi connectivity index (χ4v) is 2.72. The molecule has 3 aromatic heterocycles. The summed E-state index contributed by atoms with van der Waals surface area (Å²) in [6.07, 6.45) is 7.19. The molecule has 7 nitrogen and oxygen atoms in total. The van der Waals surface area contributed by atoms with Crippen molar-refractivity contribution < 1.29 is 5.11 Å². The largest absolute Gasteiger partial charge is 0.394 e. The van der Waals surface area contributed by atoms with E-state index in [0.717, 1.165) is 22.4 Å². The van der Waals surface area contributed by atoms with E-state index in [4.69, 9.17) is 5.11 Å². The third kappa shape index (κ3) is 3.36. The van der Waals surface area contributed by atoms with E-state index in [1.165, 1.54) is 5.56 Å². The van der Waals surface area contributed by atoms with Crippen LogP contribution in [0.15, 0.2) is 61.2 Å². The molecular weight excluding hydrogens is 316 g/mol. The average molecular weight is 334 g/mol. The molecule has 0 saturated heterocycles. The first-order chi connectivity index (χ1) is 12.3. The Labute approximate surface area is 144 Å². The third-order valence-electron chi connectivity index (χ3n) is 3.94. The van der Waals surface area contributed by atoms with E-state index >= 15 is 0 Å². The van der Waals surface area contributed by atoms with Crippen LogP contribution in [0.2, 0.25) is 0 Å². The highest BCUT2D eigenvalue weighted by molar-refractivity contribution is 5.81. The summed E-state index contributed by atoms with van der Waals surface area (Å²) in [6, 6.07) is 12.2. The highest BCUT2D eigenvalue weighted by Crippen LogP contribution is 2.20. The van der Waals surface area contributed by atoms with Crippen LogP contribution in [0.1, 0.15) is 5.56 Å². The predicted octanol–water partition coefficient (Wildman–Crippen LogP) is 2.41. The molecule has 0 amide bonds. The number of fused-ring (bicyclic) bond motifs is 1. The summed E-state index contributed by atoms with van der Waals surface area (Å²) in [6.45, 7) is 1.24. The molecule has 0 aliphatic carbocycles. The van der Waals surface area contributed by atoms with Gasteiger partial charge in [0.05, 0.1) is 43.3 Å². The molecule has 0 spiro atoms. The topological polar surface area (TPSA) is 80.8 Å². The van der Waals surface area contributed by atoms with Crippen molar-refractivity contribution in [2.24, 2.45) is 0 Å². The van der Waals surface area contributed by atoms with Gasteiger partial charge in [0.25, 0.3) is 0 Å². The lowest BCUT2D eigenvalue weighted by atomic mass is 10.2. The Hall–Kier alpha value is -3.19. The molecule has 0 aliphatic rings. The van der Waals surface area contributed by atoms with Crippen molar-refractivity contribution in [3.63, 3.8) is 0 Å². The second kappa shape index (κ2) is 6.74. The quantitative estimate of drug-likeness (QED) is 0.566. The number of anilines is 2. The molecule has 0 unspecified atom stereocenters. The lowest BCUT2D eigenvalue weighted by Gasteiger charge is -2.06.